The van der Waals surface area contributed by atoms with Crippen molar-refractivity contribution < 1.29 is 4.43 Å². The maximum Gasteiger partial charge on any atom is 0.341 e. The van der Waals surface area contributed by atoms with Crippen molar-refractivity contribution in [1.82, 2.24) is 0 Å². The Bertz CT molecular complexity index is 257. The molecule has 0 atom stereocenters. The first-order valence-electron chi connectivity index (χ1n) is 13.1. The molecular weight excluding hydrogens is 375 g/mol. The molecule has 1 nitrogen and oxygen atoms in total. The Labute approximate surface area is 182 Å². The van der Waals surface area contributed by atoms with Gasteiger partial charge in [0.2, 0.25) is 0 Å². The number of hydrogen-bond acceptors (Lipinski definition) is 1. The monoisotopic (exact) mass is 431 g/mol. The second kappa shape index (κ2) is 22.3. The molecule has 0 fully saturated rings. The highest BCUT2D eigenvalue weighted by Gasteiger charge is 2.36. The molecule has 0 aromatic rings. The van der Waals surface area contributed by atoms with Crippen molar-refractivity contribution in [2.75, 3.05) is 25.6 Å². The van der Waals surface area contributed by atoms with Crippen LogP contribution in [0.25, 0.3) is 0 Å². The van der Waals surface area contributed by atoms with Gasteiger partial charge in [0.1, 0.15) is 0 Å². The quantitative estimate of drug-likeness (QED) is 0.0892. The molecule has 0 aromatic carbocycles. The number of unbranched alkanes of at least 4 members (excludes halogenated alkanes) is 15. The van der Waals surface area contributed by atoms with Gasteiger partial charge < -0.3 is 4.43 Å². The molecule has 0 aromatic heterocycles. The molecule has 0 amide bonds. The van der Waals surface area contributed by atoms with Crippen LogP contribution < -0.4 is 0 Å². The van der Waals surface area contributed by atoms with Gasteiger partial charge in [-0.3, -0.25) is 0 Å². The van der Waals surface area contributed by atoms with Gasteiger partial charge in [0, 0.05) is 25.6 Å². The Morgan fingerprint density at radius 1 is 0.464 bits per heavy atom. The highest BCUT2D eigenvalue weighted by atomic mass is 31.4. The van der Waals surface area contributed by atoms with E-state index in [2.05, 4.69) is 20.8 Å². The lowest BCUT2D eigenvalue weighted by Gasteiger charge is -2.27. The minimum atomic E-state index is -0.746. The molecule has 0 N–H and O–H groups in total. The summed E-state index contributed by atoms with van der Waals surface area (Å²) < 4.78 is 5.98. The average molecular weight is 432 g/mol. The fraction of sp³-hybridized carbons (Fsp3) is 1.00. The van der Waals surface area contributed by atoms with Crippen molar-refractivity contribution in [2.45, 2.75) is 136 Å². The smallest absolute Gasteiger partial charge is 0.341 e. The molecule has 0 unspecified atom stereocenters. The van der Waals surface area contributed by atoms with Gasteiger partial charge in [-0.2, -0.15) is 0 Å². The van der Waals surface area contributed by atoms with Gasteiger partial charge in [0.25, 0.3) is 0 Å². The third-order valence-corrected chi connectivity index (χ3v) is 16.2. The van der Waals surface area contributed by atoms with Crippen molar-refractivity contribution >= 4 is 16.2 Å². The van der Waals surface area contributed by atoms with Crippen LogP contribution in [-0.2, 0) is 4.43 Å². The van der Waals surface area contributed by atoms with E-state index < -0.39 is 6.81 Å². The zero-order valence-electron chi connectivity index (χ0n) is 20.4. The molecule has 0 aliphatic carbocycles. The van der Waals surface area contributed by atoms with Crippen molar-refractivity contribution in [2.24, 2.45) is 0 Å². The molecule has 170 valence electrons. The molecule has 0 aliphatic rings. The predicted molar refractivity (Wildman–Crippen MR) is 137 cm³/mol. The minimum absolute atomic E-state index is 0.292. The van der Waals surface area contributed by atoms with E-state index in [1.807, 2.05) is 7.11 Å². The number of rotatable bonds is 23. The summed E-state index contributed by atoms with van der Waals surface area (Å²) in [6, 6.07) is 0. The zero-order chi connectivity index (χ0) is 20.8. The van der Waals surface area contributed by atoms with Crippen LogP contribution in [0.4, 0.5) is 0 Å². The molecule has 0 bridgehead atoms. The summed E-state index contributed by atoms with van der Waals surface area (Å²) in [5.41, 5.74) is 0. The number of hydrogen-bond donors (Lipinski definition) is 0. The van der Waals surface area contributed by atoms with Crippen LogP contribution in [0.3, 0.4) is 0 Å². The van der Waals surface area contributed by atoms with Crippen molar-refractivity contribution in [3.8, 4) is 0 Å². The molecule has 0 rings (SSSR count). The minimum Gasteiger partial charge on any atom is -0.393 e. The van der Waals surface area contributed by atoms with E-state index in [9.17, 15) is 0 Å². The molecule has 28 heavy (non-hydrogen) atoms. The topological polar surface area (TPSA) is 9.23 Å². The SMILES string of the molecule is CCCCCCCC[P+](CCCCCCCC)(CCCCCCCC)[SiH2]OC. The van der Waals surface area contributed by atoms with Crippen molar-refractivity contribution in [3.05, 3.63) is 0 Å². The normalized spacial score (nSPS) is 12.4. The van der Waals surface area contributed by atoms with Crippen LogP contribution in [0.2, 0.25) is 0 Å². The Morgan fingerprint density at radius 2 is 0.750 bits per heavy atom. The van der Waals surface area contributed by atoms with Gasteiger partial charge in [0.15, 0.2) is 0 Å². The predicted octanol–water partition coefficient (Wildman–Crippen LogP) is 8.73. The van der Waals surface area contributed by atoms with Crippen LogP contribution in [0.5, 0.6) is 0 Å². The standard InChI is InChI=1S/C25H56OPSi/c1-5-8-11-14-17-20-23-27(28-26-4,24-21-18-15-12-9-6-2)25-22-19-16-13-10-7-3/h5-25,28H2,1-4H3/q+1. The Hall–Kier alpha value is 0.607. The lowest BCUT2D eigenvalue weighted by atomic mass is 10.1. The van der Waals surface area contributed by atoms with Gasteiger partial charge in [-0.25, -0.2) is 0 Å². The van der Waals surface area contributed by atoms with Gasteiger partial charge in [0.05, 0.1) is 0 Å². The fourth-order valence-corrected chi connectivity index (χ4v) is 13.6. The molecule has 0 aliphatic heterocycles. The van der Waals surface area contributed by atoms with E-state index in [1.165, 1.54) is 116 Å². The summed E-state index contributed by atoms with van der Waals surface area (Å²) in [4.78, 5) is 0. The molecular formula is C25H56OPSi+. The second-order valence-electron chi connectivity index (χ2n) is 9.23. The molecule has 0 radical (unpaired) electrons. The Morgan fingerprint density at radius 3 is 1.04 bits per heavy atom. The molecule has 3 heteroatoms. The molecule has 0 spiro atoms. The summed E-state index contributed by atoms with van der Waals surface area (Å²) in [6.07, 6.45) is 30.8. The Kier molecular flexibility index (Phi) is 22.8. The van der Waals surface area contributed by atoms with Gasteiger partial charge in [-0.1, -0.05) is 97.8 Å². The Balaban J connectivity index is 4.39. The fourth-order valence-electron chi connectivity index (χ4n) is 4.49. The van der Waals surface area contributed by atoms with E-state index in [4.69, 9.17) is 4.43 Å². The second-order valence-corrected chi connectivity index (χ2v) is 18.9. The van der Waals surface area contributed by atoms with Gasteiger partial charge >= 0.3 is 9.43 Å². The van der Waals surface area contributed by atoms with E-state index in [1.54, 1.807) is 18.5 Å². The van der Waals surface area contributed by atoms with Crippen LogP contribution in [0.15, 0.2) is 0 Å². The first kappa shape index (κ1) is 28.6. The van der Waals surface area contributed by atoms with Gasteiger partial charge in [-0.05, 0) is 45.3 Å². The maximum absolute atomic E-state index is 5.98. The maximum atomic E-state index is 5.98. The lowest BCUT2D eigenvalue weighted by molar-refractivity contribution is 0.453. The summed E-state index contributed by atoms with van der Waals surface area (Å²) in [5, 5.41) is 0. The van der Waals surface area contributed by atoms with E-state index in [0.717, 1.165) is 0 Å². The highest BCUT2D eigenvalue weighted by Crippen LogP contribution is 2.59. The highest BCUT2D eigenvalue weighted by molar-refractivity contribution is 7.99. The third-order valence-electron chi connectivity index (χ3n) is 6.36. The van der Waals surface area contributed by atoms with Crippen molar-refractivity contribution in [3.63, 3.8) is 0 Å². The average Bonchev–Trinajstić information content (AvgIpc) is 2.70. The van der Waals surface area contributed by atoms with Crippen molar-refractivity contribution in [1.29, 1.82) is 0 Å². The third kappa shape index (κ3) is 17.5. The largest absolute Gasteiger partial charge is 0.393 e. The summed E-state index contributed by atoms with van der Waals surface area (Å²) in [7, 11) is 1.73. The van der Waals surface area contributed by atoms with E-state index in [0.29, 0.717) is 0 Å². The first-order chi connectivity index (χ1) is 13.7. The first-order valence-corrected chi connectivity index (χ1v) is 18.1. The molecule has 0 saturated heterocycles. The van der Waals surface area contributed by atoms with Crippen LogP contribution in [-0.4, -0.2) is 35.0 Å². The lowest BCUT2D eigenvalue weighted by Crippen LogP contribution is -2.17. The summed E-state index contributed by atoms with van der Waals surface area (Å²) in [5.74, 6) is 0. The van der Waals surface area contributed by atoms with Crippen LogP contribution >= 0.6 is 6.81 Å². The molecule has 0 saturated carbocycles. The van der Waals surface area contributed by atoms with Crippen LogP contribution in [0, 0.1) is 0 Å². The van der Waals surface area contributed by atoms with E-state index in [-0.39, 0.29) is 9.43 Å². The summed E-state index contributed by atoms with van der Waals surface area (Å²) >= 11 is 0. The van der Waals surface area contributed by atoms with Crippen LogP contribution in [0.1, 0.15) is 136 Å². The molecule has 0 heterocycles. The van der Waals surface area contributed by atoms with Gasteiger partial charge in [-0.15, -0.1) is 0 Å². The zero-order valence-corrected chi connectivity index (χ0v) is 22.7. The van der Waals surface area contributed by atoms with E-state index >= 15 is 0 Å². The summed E-state index contributed by atoms with van der Waals surface area (Å²) in [6.45, 7) is 6.22.